The monoisotopic (exact) mass is 389 g/mol. The molecule has 0 amide bonds. The second kappa shape index (κ2) is 10.0. The van der Waals surface area contributed by atoms with E-state index in [2.05, 4.69) is 97.1 Å². The lowest BCUT2D eigenvalue weighted by atomic mass is 10.3. The Balaban J connectivity index is 2.00. The number of allylic oxidation sites excluding steroid dienone is 2. The van der Waals surface area contributed by atoms with Gasteiger partial charge in [-0.1, -0.05) is 66.7 Å². The first-order chi connectivity index (χ1) is 13.7. The molecule has 0 saturated carbocycles. The third kappa shape index (κ3) is 4.77. The number of rotatable bonds is 9. The van der Waals surface area contributed by atoms with E-state index in [4.69, 9.17) is 5.11 Å². The lowest BCUT2D eigenvalue weighted by molar-refractivity contribution is -0.136. The Morgan fingerprint density at radius 2 is 1.07 bits per heavy atom. The molecule has 0 unspecified atom stereocenters. The molecule has 3 heteroatoms. The minimum atomic E-state index is -1.79. The molecule has 0 saturated heterocycles. The summed E-state index contributed by atoms with van der Waals surface area (Å²) in [6.45, 7) is 0. The molecule has 142 valence electrons. The quantitative estimate of drug-likeness (QED) is 0.422. The van der Waals surface area contributed by atoms with Crippen LogP contribution in [-0.4, -0.2) is 17.2 Å². The van der Waals surface area contributed by atoms with Crippen molar-refractivity contribution in [3.8, 4) is 0 Å². The molecule has 0 heterocycles. The number of aliphatic carboxylic acids is 1. The van der Waals surface area contributed by atoms with Crippen molar-refractivity contribution < 1.29 is 9.90 Å². The second-order valence-corrected chi connectivity index (χ2v) is 10.3. The van der Waals surface area contributed by atoms with E-state index in [9.17, 15) is 4.79 Å². The summed E-state index contributed by atoms with van der Waals surface area (Å²) in [5, 5.41) is 13.0. The predicted octanol–water partition coefficient (Wildman–Crippen LogP) is 4.79. The largest absolute Gasteiger partial charge is 0.481 e. The van der Waals surface area contributed by atoms with Crippen molar-refractivity contribution in [2.45, 2.75) is 19.3 Å². The Labute approximate surface area is 167 Å². The molecule has 0 aliphatic carbocycles. The zero-order valence-corrected chi connectivity index (χ0v) is 16.8. The highest BCUT2D eigenvalue weighted by Crippen LogP contribution is 2.55. The third-order valence-corrected chi connectivity index (χ3v) is 9.38. The fourth-order valence-corrected chi connectivity index (χ4v) is 7.84. The van der Waals surface area contributed by atoms with Crippen LogP contribution in [0.1, 0.15) is 19.3 Å². The van der Waals surface area contributed by atoms with E-state index < -0.39 is 13.2 Å². The maximum atomic E-state index is 10.7. The van der Waals surface area contributed by atoms with Gasteiger partial charge in [-0.25, -0.2) is 0 Å². The summed E-state index contributed by atoms with van der Waals surface area (Å²) in [4.78, 5) is 10.7. The lowest BCUT2D eigenvalue weighted by Crippen LogP contribution is -2.33. The van der Waals surface area contributed by atoms with Gasteiger partial charge in [-0.3, -0.25) is 4.79 Å². The van der Waals surface area contributed by atoms with E-state index in [-0.39, 0.29) is 6.42 Å². The van der Waals surface area contributed by atoms with Gasteiger partial charge in [0.2, 0.25) is 0 Å². The number of carbonyl (C=O) groups is 1. The van der Waals surface area contributed by atoms with Gasteiger partial charge >= 0.3 is 5.97 Å². The summed E-state index contributed by atoms with van der Waals surface area (Å²) in [7, 11) is -1.79. The van der Waals surface area contributed by atoms with Gasteiger partial charge in [-0.2, -0.15) is 0 Å². The number of carboxylic acids is 1. The highest BCUT2D eigenvalue weighted by molar-refractivity contribution is 7.95. The van der Waals surface area contributed by atoms with Gasteiger partial charge in [-0.05, 0) is 42.8 Å². The van der Waals surface area contributed by atoms with Crippen LogP contribution in [0.4, 0.5) is 0 Å². The molecule has 0 atom stereocenters. The maximum Gasteiger partial charge on any atom is 0.303 e. The summed E-state index contributed by atoms with van der Waals surface area (Å²) < 4.78 is 0. The van der Waals surface area contributed by atoms with Crippen LogP contribution in [0.25, 0.3) is 0 Å². The molecular formula is C25H26O2P+. The first-order valence-electron chi connectivity index (χ1n) is 9.65. The van der Waals surface area contributed by atoms with Gasteiger partial charge < -0.3 is 5.11 Å². The third-order valence-electron chi connectivity index (χ3n) is 4.91. The van der Waals surface area contributed by atoms with Gasteiger partial charge in [0.25, 0.3) is 0 Å². The fraction of sp³-hybridized carbons (Fsp3) is 0.160. The molecule has 3 aromatic carbocycles. The van der Waals surface area contributed by atoms with E-state index >= 15 is 0 Å². The smallest absolute Gasteiger partial charge is 0.303 e. The van der Waals surface area contributed by atoms with E-state index in [0.29, 0.717) is 6.42 Å². The van der Waals surface area contributed by atoms with Crippen molar-refractivity contribution in [1.82, 2.24) is 0 Å². The highest BCUT2D eigenvalue weighted by Gasteiger charge is 2.44. The van der Waals surface area contributed by atoms with Crippen molar-refractivity contribution in [3.05, 3.63) is 103 Å². The van der Waals surface area contributed by atoms with Gasteiger partial charge in [0.1, 0.15) is 23.2 Å². The summed E-state index contributed by atoms with van der Waals surface area (Å²) in [5.74, 6) is -0.746. The Morgan fingerprint density at radius 1 is 0.679 bits per heavy atom. The van der Waals surface area contributed by atoms with Crippen LogP contribution < -0.4 is 15.9 Å². The number of hydrogen-bond acceptors (Lipinski definition) is 1. The zero-order valence-electron chi connectivity index (χ0n) is 15.9. The van der Waals surface area contributed by atoms with Crippen LogP contribution in [0.3, 0.4) is 0 Å². The molecule has 0 bridgehead atoms. The maximum absolute atomic E-state index is 10.7. The van der Waals surface area contributed by atoms with Gasteiger partial charge in [0, 0.05) is 12.8 Å². The first-order valence-corrected chi connectivity index (χ1v) is 11.6. The first kappa shape index (κ1) is 20.0. The topological polar surface area (TPSA) is 37.3 Å². The Bertz CT molecular complexity index is 793. The molecular weight excluding hydrogens is 363 g/mol. The SMILES string of the molecule is O=C(O)CC/C=C\CC[P+](c1ccccc1)(c1ccccc1)c1ccccc1. The summed E-state index contributed by atoms with van der Waals surface area (Å²) in [6, 6.07) is 32.5. The van der Waals surface area contributed by atoms with E-state index in [1.165, 1.54) is 15.9 Å². The number of benzene rings is 3. The molecule has 0 spiro atoms. The number of hydrogen-bond donors (Lipinski definition) is 1. The zero-order chi connectivity index (χ0) is 19.7. The molecule has 0 aromatic heterocycles. The molecule has 0 fully saturated rings. The van der Waals surface area contributed by atoms with Crippen molar-refractivity contribution in [2.24, 2.45) is 0 Å². The van der Waals surface area contributed by atoms with Crippen LogP contribution in [0, 0.1) is 0 Å². The standard InChI is InChI=1S/C25H25O2P/c26-25(27)20-12-1-2-13-21-28(22-14-6-3-7-15-22,23-16-8-4-9-17-23)24-18-10-5-11-19-24/h1-11,14-19H,12-13,20-21H2/p+1/b2-1-. The summed E-state index contributed by atoms with van der Waals surface area (Å²) >= 11 is 0. The molecule has 0 aliphatic rings. The van der Waals surface area contributed by atoms with Gasteiger partial charge in [-0.15, -0.1) is 0 Å². The van der Waals surface area contributed by atoms with Crippen molar-refractivity contribution in [3.63, 3.8) is 0 Å². The van der Waals surface area contributed by atoms with Crippen LogP contribution in [0.5, 0.6) is 0 Å². The Morgan fingerprint density at radius 3 is 1.46 bits per heavy atom. The van der Waals surface area contributed by atoms with Crippen molar-refractivity contribution >= 4 is 29.1 Å². The normalized spacial score (nSPS) is 11.6. The lowest BCUT2D eigenvalue weighted by Gasteiger charge is -2.27. The number of carboxylic acid groups (broad SMARTS) is 1. The van der Waals surface area contributed by atoms with Crippen molar-refractivity contribution in [2.75, 3.05) is 6.16 Å². The molecule has 3 rings (SSSR count). The molecule has 0 radical (unpaired) electrons. The molecule has 3 aromatic rings. The molecule has 2 nitrogen and oxygen atoms in total. The van der Waals surface area contributed by atoms with Crippen LogP contribution in [-0.2, 0) is 4.79 Å². The van der Waals surface area contributed by atoms with Crippen LogP contribution >= 0.6 is 7.26 Å². The Kier molecular flexibility index (Phi) is 7.17. The van der Waals surface area contributed by atoms with Gasteiger partial charge in [0.05, 0.1) is 6.16 Å². The van der Waals surface area contributed by atoms with E-state index in [1.807, 2.05) is 6.08 Å². The second-order valence-electron chi connectivity index (χ2n) is 6.73. The summed E-state index contributed by atoms with van der Waals surface area (Å²) in [5.41, 5.74) is 0. The minimum absolute atomic E-state index is 0.187. The van der Waals surface area contributed by atoms with Crippen LogP contribution in [0.2, 0.25) is 0 Å². The van der Waals surface area contributed by atoms with Crippen molar-refractivity contribution in [1.29, 1.82) is 0 Å². The Hall–Kier alpha value is -2.70. The van der Waals surface area contributed by atoms with E-state index in [0.717, 1.165) is 12.6 Å². The average molecular weight is 389 g/mol. The molecule has 0 aliphatic heterocycles. The van der Waals surface area contributed by atoms with Crippen LogP contribution in [0.15, 0.2) is 103 Å². The highest BCUT2D eigenvalue weighted by atomic mass is 31.2. The van der Waals surface area contributed by atoms with E-state index in [1.54, 1.807) is 0 Å². The molecule has 28 heavy (non-hydrogen) atoms. The van der Waals surface area contributed by atoms with Gasteiger partial charge in [0.15, 0.2) is 0 Å². The predicted molar refractivity (Wildman–Crippen MR) is 121 cm³/mol. The summed E-state index contributed by atoms with van der Waals surface area (Å²) in [6.07, 6.45) is 6.87. The molecule has 1 N–H and O–H groups in total. The average Bonchev–Trinajstić information content (AvgIpc) is 2.75. The fourth-order valence-electron chi connectivity index (χ4n) is 3.59. The minimum Gasteiger partial charge on any atom is -0.481 e.